The molecule has 2 N–H and O–H groups in total. The molecule has 0 saturated heterocycles. The molecule has 0 fully saturated rings. The summed E-state index contributed by atoms with van der Waals surface area (Å²) in [6.07, 6.45) is 0. The number of amides is 1. The maximum Gasteiger partial charge on any atom is 0.253 e. The first-order valence-electron chi connectivity index (χ1n) is 9.91. The second kappa shape index (κ2) is 11.2. The van der Waals surface area contributed by atoms with E-state index < -0.39 is 0 Å². The van der Waals surface area contributed by atoms with Gasteiger partial charge in [-0.2, -0.15) is 0 Å². The number of nitrogens with one attached hydrogen (secondary N) is 2. The number of guanidine groups is 1. The third-order valence-electron chi connectivity index (χ3n) is 4.88. The number of ether oxygens (including phenoxy) is 1. The maximum atomic E-state index is 12.0. The van der Waals surface area contributed by atoms with E-state index in [0.717, 1.165) is 17.3 Å². The Labute approximate surface area is 179 Å². The highest BCUT2D eigenvalue weighted by atomic mass is 16.5. The molecule has 0 aliphatic carbocycles. The number of hydrogen-bond donors (Lipinski definition) is 2. The molecule has 1 unspecified atom stereocenters. The van der Waals surface area contributed by atoms with Crippen molar-refractivity contribution < 1.29 is 9.53 Å². The normalized spacial score (nSPS) is 12.4. The molecule has 0 aromatic heterocycles. The van der Waals surface area contributed by atoms with Crippen LogP contribution >= 0.6 is 0 Å². The van der Waals surface area contributed by atoms with Crippen LogP contribution in [0.4, 0.5) is 0 Å². The van der Waals surface area contributed by atoms with E-state index in [1.165, 1.54) is 5.56 Å². The van der Waals surface area contributed by atoms with Gasteiger partial charge >= 0.3 is 0 Å². The molecule has 0 heterocycles. The van der Waals surface area contributed by atoms with Gasteiger partial charge in [0, 0.05) is 39.8 Å². The van der Waals surface area contributed by atoms with Crippen LogP contribution in [0.3, 0.4) is 0 Å². The molecular weight excluding hydrogens is 378 g/mol. The lowest BCUT2D eigenvalue weighted by atomic mass is 10.1. The Bertz CT molecular complexity index is 830. The molecule has 0 aliphatic rings. The third kappa shape index (κ3) is 6.49. The van der Waals surface area contributed by atoms with Crippen LogP contribution in [0.15, 0.2) is 53.5 Å². The van der Waals surface area contributed by atoms with Gasteiger partial charge < -0.3 is 25.2 Å². The summed E-state index contributed by atoms with van der Waals surface area (Å²) in [4.78, 5) is 20.1. The number of carbonyl (C=O) groups is 1. The van der Waals surface area contributed by atoms with Crippen molar-refractivity contribution in [2.45, 2.75) is 12.6 Å². The minimum atomic E-state index is 0.000227. The summed E-state index contributed by atoms with van der Waals surface area (Å²) in [5.41, 5.74) is 2.96. The Hall–Kier alpha value is -3.06. The Morgan fingerprint density at radius 1 is 1.00 bits per heavy atom. The van der Waals surface area contributed by atoms with E-state index in [1.807, 2.05) is 36.4 Å². The van der Waals surface area contributed by atoms with E-state index in [4.69, 9.17) is 4.74 Å². The van der Waals surface area contributed by atoms with Crippen LogP contribution in [0.25, 0.3) is 0 Å². The Morgan fingerprint density at radius 3 is 2.13 bits per heavy atom. The number of methoxy groups -OCH3 is 1. The summed E-state index contributed by atoms with van der Waals surface area (Å²) in [6.45, 7) is 1.32. The second-order valence-electron chi connectivity index (χ2n) is 7.46. The molecule has 0 radical (unpaired) electrons. The highest BCUT2D eigenvalue weighted by Gasteiger charge is 2.15. The van der Waals surface area contributed by atoms with Crippen molar-refractivity contribution in [1.82, 2.24) is 20.4 Å². The Morgan fingerprint density at radius 2 is 1.63 bits per heavy atom. The van der Waals surface area contributed by atoms with Gasteiger partial charge in [-0.15, -0.1) is 0 Å². The predicted octanol–water partition coefficient (Wildman–Crippen LogP) is 2.36. The fourth-order valence-electron chi connectivity index (χ4n) is 3.05. The van der Waals surface area contributed by atoms with Crippen molar-refractivity contribution in [1.29, 1.82) is 0 Å². The average molecular weight is 412 g/mol. The SMILES string of the molecule is CN=C(NCc1ccc(C(=O)N(C)C)cc1)NCC(c1ccc(OC)cc1)N(C)C. The summed E-state index contributed by atoms with van der Waals surface area (Å²) >= 11 is 0. The van der Waals surface area contributed by atoms with Gasteiger partial charge in [-0.1, -0.05) is 24.3 Å². The summed E-state index contributed by atoms with van der Waals surface area (Å²) < 4.78 is 5.25. The zero-order valence-electron chi connectivity index (χ0n) is 18.8. The van der Waals surface area contributed by atoms with Gasteiger partial charge in [0.2, 0.25) is 0 Å². The topological polar surface area (TPSA) is 69.2 Å². The molecule has 2 aromatic rings. The van der Waals surface area contributed by atoms with Crippen LogP contribution in [-0.4, -0.2) is 70.6 Å². The summed E-state index contributed by atoms with van der Waals surface area (Å²) in [6, 6.07) is 15.9. The van der Waals surface area contributed by atoms with Crippen molar-refractivity contribution in [2.24, 2.45) is 4.99 Å². The molecule has 7 nitrogen and oxygen atoms in total. The number of nitrogens with zero attached hydrogens (tertiary/aromatic N) is 3. The van der Waals surface area contributed by atoms with Gasteiger partial charge in [0.25, 0.3) is 5.91 Å². The van der Waals surface area contributed by atoms with Crippen molar-refractivity contribution in [3.05, 3.63) is 65.2 Å². The van der Waals surface area contributed by atoms with Crippen LogP contribution in [-0.2, 0) is 6.54 Å². The number of likely N-dealkylation sites (N-methyl/N-ethyl adjacent to an activating group) is 1. The number of carbonyl (C=O) groups excluding carboxylic acids is 1. The van der Waals surface area contributed by atoms with Crippen LogP contribution in [0.1, 0.15) is 27.5 Å². The van der Waals surface area contributed by atoms with Crippen molar-refractivity contribution in [2.75, 3.05) is 48.9 Å². The molecule has 162 valence electrons. The number of benzene rings is 2. The molecule has 0 bridgehead atoms. The van der Waals surface area contributed by atoms with E-state index in [9.17, 15) is 4.79 Å². The van der Waals surface area contributed by atoms with Gasteiger partial charge in [-0.3, -0.25) is 9.79 Å². The molecule has 0 saturated carbocycles. The van der Waals surface area contributed by atoms with Crippen LogP contribution < -0.4 is 15.4 Å². The van der Waals surface area contributed by atoms with Gasteiger partial charge in [0.15, 0.2) is 5.96 Å². The van der Waals surface area contributed by atoms with E-state index in [2.05, 4.69) is 46.8 Å². The van der Waals surface area contributed by atoms with Gasteiger partial charge in [-0.25, -0.2) is 0 Å². The molecule has 2 rings (SSSR count). The van der Waals surface area contributed by atoms with Crippen LogP contribution in [0.2, 0.25) is 0 Å². The molecule has 30 heavy (non-hydrogen) atoms. The van der Waals surface area contributed by atoms with Gasteiger partial charge in [-0.05, 0) is 49.5 Å². The third-order valence-corrected chi connectivity index (χ3v) is 4.88. The predicted molar refractivity (Wildman–Crippen MR) is 122 cm³/mol. The quantitative estimate of drug-likeness (QED) is 0.516. The van der Waals surface area contributed by atoms with E-state index in [0.29, 0.717) is 18.7 Å². The molecule has 0 aliphatic heterocycles. The number of aliphatic imine (C=N–C) groups is 1. The van der Waals surface area contributed by atoms with Crippen molar-refractivity contribution in [3.63, 3.8) is 0 Å². The zero-order chi connectivity index (χ0) is 22.1. The second-order valence-corrected chi connectivity index (χ2v) is 7.46. The first-order chi connectivity index (χ1) is 14.3. The Balaban J connectivity index is 1.93. The highest BCUT2D eigenvalue weighted by molar-refractivity contribution is 5.93. The van der Waals surface area contributed by atoms with Gasteiger partial charge in [0.1, 0.15) is 5.75 Å². The average Bonchev–Trinajstić information content (AvgIpc) is 2.76. The summed E-state index contributed by atoms with van der Waals surface area (Å²) in [7, 11) is 11.0. The standard InChI is InChI=1S/C23H33N5O2/c1-24-23(25-15-17-7-9-19(10-8-17)22(29)28(4)5)26-16-21(27(2)3)18-11-13-20(30-6)14-12-18/h7-14,21H,15-16H2,1-6H3,(H2,24,25,26). The van der Waals surface area contributed by atoms with Crippen LogP contribution in [0.5, 0.6) is 5.75 Å². The number of rotatable bonds is 8. The van der Waals surface area contributed by atoms with E-state index >= 15 is 0 Å². The minimum absolute atomic E-state index is 0.000227. The smallest absolute Gasteiger partial charge is 0.253 e. The first kappa shape index (κ1) is 23.2. The van der Waals surface area contributed by atoms with Crippen molar-refractivity contribution >= 4 is 11.9 Å². The van der Waals surface area contributed by atoms with Gasteiger partial charge in [0.05, 0.1) is 13.2 Å². The van der Waals surface area contributed by atoms with Crippen LogP contribution in [0, 0.1) is 0 Å². The Kier molecular flexibility index (Phi) is 8.68. The first-order valence-corrected chi connectivity index (χ1v) is 9.91. The lowest BCUT2D eigenvalue weighted by Crippen LogP contribution is -2.41. The maximum absolute atomic E-state index is 12.0. The summed E-state index contributed by atoms with van der Waals surface area (Å²) in [5.74, 6) is 1.57. The zero-order valence-corrected chi connectivity index (χ0v) is 18.8. The largest absolute Gasteiger partial charge is 0.497 e. The fraction of sp³-hybridized carbons (Fsp3) is 0.391. The number of hydrogen-bond acceptors (Lipinski definition) is 4. The summed E-state index contributed by atoms with van der Waals surface area (Å²) in [5, 5.41) is 6.72. The van der Waals surface area contributed by atoms with E-state index in [1.54, 1.807) is 33.2 Å². The molecular formula is C23H33N5O2. The molecule has 1 amide bonds. The van der Waals surface area contributed by atoms with Crippen molar-refractivity contribution in [3.8, 4) is 5.75 Å². The monoisotopic (exact) mass is 411 g/mol. The van der Waals surface area contributed by atoms with E-state index in [-0.39, 0.29) is 11.9 Å². The lowest BCUT2D eigenvalue weighted by molar-refractivity contribution is 0.0827. The molecule has 1 atom stereocenters. The molecule has 2 aromatic carbocycles. The highest BCUT2D eigenvalue weighted by Crippen LogP contribution is 2.20. The molecule has 7 heteroatoms. The molecule has 0 spiro atoms. The minimum Gasteiger partial charge on any atom is -0.497 e. The lowest BCUT2D eigenvalue weighted by Gasteiger charge is -2.26. The fourth-order valence-corrected chi connectivity index (χ4v) is 3.05.